The van der Waals surface area contributed by atoms with Crippen LogP contribution in [0.25, 0.3) is 0 Å². The first-order chi connectivity index (χ1) is 18.0. The van der Waals surface area contributed by atoms with Crippen molar-refractivity contribution in [1.82, 2.24) is 0 Å². The number of rotatable bonds is 9. The van der Waals surface area contributed by atoms with Crippen molar-refractivity contribution >= 4 is 0 Å². The maximum Gasteiger partial charge on any atom is 0.164 e. The largest absolute Gasteiger partial charge is 0.396 e. The Morgan fingerprint density at radius 2 is 1.89 bits per heavy atom. The lowest BCUT2D eigenvalue weighted by atomic mass is 9.62. The highest BCUT2D eigenvalue weighted by Gasteiger charge is 2.52. The normalized spacial score (nSPS) is 39.6. The van der Waals surface area contributed by atoms with E-state index in [1.54, 1.807) is 5.57 Å². The standard InChI is InChI=1S/C33H54O5/c1-8-33(9-2)30(37-31(5,6)38-33)16-18-36-23(4)28-14-15-29-24(11-10-17-32(28,29)7)12-13-25-19-27(35)20-26(21-34)22(25)3/h12-13,23,26-30,34-35H,3,8-11,14-21H2,1-2,4-7H3/b24-12+,25-13-/t23-,26-,27-,28-,29+,30+,32-/m1/s1. The van der Waals surface area contributed by atoms with Crippen molar-refractivity contribution in [3.05, 3.63) is 35.5 Å². The van der Waals surface area contributed by atoms with E-state index in [0.29, 0.717) is 31.3 Å². The lowest BCUT2D eigenvalue weighted by Gasteiger charge is -2.44. The first-order valence-corrected chi connectivity index (χ1v) is 15.4. The highest BCUT2D eigenvalue weighted by atomic mass is 16.8. The molecular weight excluding hydrogens is 476 g/mol. The molecule has 216 valence electrons. The summed E-state index contributed by atoms with van der Waals surface area (Å²) in [7, 11) is 0. The Labute approximate surface area is 231 Å². The third-order valence-corrected chi connectivity index (χ3v) is 10.7. The maximum absolute atomic E-state index is 10.3. The number of aliphatic hydroxyl groups is 2. The van der Waals surface area contributed by atoms with Crippen LogP contribution in [0.4, 0.5) is 0 Å². The molecule has 1 heterocycles. The minimum atomic E-state index is -0.532. The lowest BCUT2D eigenvalue weighted by Crippen LogP contribution is -2.41. The summed E-state index contributed by atoms with van der Waals surface area (Å²) in [5, 5.41) is 20.0. The molecular formula is C33H54O5. The molecule has 0 aromatic heterocycles. The van der Waals surface area contributed by atoms with Crippen LogP contribution in [0.3, 0.4) is 0 Å². The van der Waals surface area contributed by atoms with E-state index in [4.69, 9.17) is 14.2 Å². The summed E-state index contributed by atoms with van der Waals surface area (Å²) in [5.74, 6) is 0.574. The number of allylic oxidation sites excluding steroid dienone is 3. The summed E-state index contributed by atoms with van der Waals surface area (Å²) in [6.45, 7) is 18.2. The van der Waals surface area contributed by atoms with Crippen LogP contribution in [-0.4, -0.2) is 53.1 Å². The van der Waals surface area contributed by atoms with Crippen molar-refractivity contribution in [2.75, 3.05) is 13.2 Å². The SMILES string of the molecule is C=C1/C(=C\C=C2/CCC[C@]3(C)[C@@H]([C@@H](C)OCC[C@@H]4OC(C)(C)OC4(CC)CC)CC[C@@H]23)C[C@@H](O)C[C@@H]1CO. The van der Waals surface area contributed by atoms with E-state index in [9.17, 15) is 10.2 Å². The summed E-state index contributed by atoms with van der Waals surface area (Å²) in [6, 6.07) is 0. The van der Waals surface area contributed by atoms with Gasteiger partial charge in [-0.25, -0.2) is 0 Å². The zero-order chi connectivity index (χ0) is 27.7. The molecule has 0 amide bonds. The zero-order valence-corrected chi connectivity index (χ0v) is 24.9. The van der Waals surface area contributed by atoms with Gasteiger partial charge in [-0.2, -0.15) is 0 Å². The van der Waals surface area contributed by atoms with Crippen molar-refractivity contribution in [2.45, 2.75) is 135 Å². The Morgan fingerprint density at radius 3 is 2.58 bits per heavy atom. The van der Waals surface area contributed by atoms with Gasteiger partial charge in [-0.1, -0.05) is 45.1 Å². The van der Waals surface area contributed by atoms with Crippen LogP contribution in [0, 0.1) is 23.2 Å². The van der Waals surface area contributed by atoms with Gasteiger partial charge in [0.25, 0.3) is 0 Å². The predicted octanol–water partition coefficient (Wildman–Crippen LogP) is 6.88. The minimum absolute atomic E-state index is 0.0269. The molecule has 5 heteroatoms. The van der Waals surface area contributed by atoms with Crippen LogP contribution in [0.15, 0.2) is 35.5 Å². The van der Waals surface area contributed by atoms with E-state index in [-0.39, 0.29) is 41.9 Å². The number of aliphatic hydroxyl groups excluding tert-OH is 2. The van der Waals surface area contributed by atoms with Crippen molar-refractivity contribution in [2.24, 2.45) is 23.2 Å². The topological polar surface area (TPSA) is 68.2 Å². The predicted molar refractivity (Wildman–Crippen MR) is 153 cm³/mol. The van der Waals surface area contributed by atoms with E-state index in [2.05, 4.69) is 46.4 Å². The van der Waals surface area contributed by atoms with Crippen LogP contribution in [0.1, 0.15) is 106 Å². The first-order valence-electron chi connectivity index (χ1n) is 15.4. The van der Waals surface area contributed by atoms with Crippen LogP contribution in [-0.2, 0) is 14.2 Å². The summed E-state index contributed by atoms with van der Waals surface area (Å²) in [6.07, 6.45) is 14.5. The molecule has 3 saturated carbocycles. The Kier molecular flexibility index (Phi) is 9.36. The van der Waals surface area contributed by atoms with Gasteiger partial charge in [0, 0.05) is 12.5 Å². The van der Waals surface area contributed by atoms with E-state index in [1.807, 2.05) is 13.8 Å². The molecule has 4 fully saturated rings. The van der Waals surface area contributed by atoms with Crippen molar-refractivity contribution in [3.8, 4) is 0 Å². The molecule has 0 radical (unpaired) electrons. The van der Waals surface area contributed by atoms with Gasteiger partial charge in [0.1, 0.15) is 0 Å². The molecule has 4 aliphatic rings. The van der Waals surface area contributed by atoms with Gasteiger partial charge in [-0.05, 0) is 113 Å². The molecule has 0 aromatic carbocycles. The van der Waals surface area contributed by atoms with Crippen molar-refractivity contribution in [3.63, 3.8) is 0 Å². The van der Waals surface area contributed by atoms with Crippen LogP contribution in [0.2, 0.25) is 0 Å². The number of ether oxygens (including phenoxy) is 3. The third-order valence-electron chi connectivity index (χ3n) is 10.7. The second-order valence-corrected chi connectivity index (χ2v) is 13.3. The lowest BCUT2D eigenvalue weighted by molar-refractivity contribution is -0.164. The minimum Gasteiger partial charge on any atom is -0.396 e. The third kappa shape index (κ3) is 5.88. The van der Waals surface area contributed by atoms with Crippen LogP contribution >= 0.6 is 0 Å². The Hall–Kier alpha value is -0.980. The second-order valence-electron chi connectivity index (χ2n) is 13.3. The average Bonchev–Trinajstić information content (AvgIpc) is 3.37. The van der Waals surface area contributed by atoms with Gasteiger partial charge in [0.15, 0.2) is 5.79 Å². The highest BCUT2D eigenvalue weighted by Crippen LogP contribution is 2.58. The summed E-state index contributed by atoms with van der Waals surface area (Å²) < 4.78 is 19.3. The number of hydrogen-bond acceptors (Lipinski definition) is 5. The summed E-state index contributed by atoms with van der Waals surface area (Å²) in [4.78, 5) is 0. The van der Waals surface area contributed by atoms with E-state index >= 15 is 0 Å². The number of hydrogen-bond donors (Lipinski definition) is 2. The molecule has 7 atom stereocenters. The first kappa shape index (κ1) is 30.0. The van der Waals surface area contributed by atoms with Gasteiger partial charge in [-0.3, -0.25) is 0 Å². The molecule has 0 bridgehead atoms. The monoisotopic (exact) mass is 530 g/mol. The Bertz CT molecular complexity index is 899. The molecule has 3 aliphatic carbocycles. The fourth-order valence-corrected chi connectivity index (χ4v) is 8.50. The summed E-state index contributed by atoms with van der Waals surface area (Å²) in [5.41, 5.74) is 3.68. The fraction of sp³-hybridized carbons (Fsp3) is 0.818. The highest BCUT2D eigenvalue weighted by molar-refractivity contribution is 5.38. The zero-order valence-electron chi connectivity index (χ0n) is 24.9. The van der Waals surface area contributed by atoms with E-state index in [1.165, 1.54) is 25.7 Å². The Morgan fingerprint density at radius 1 is 1.16 bits per heavy atom. The molecule has 0 aromatic rings. The molecule has 1 saturated heterocycles. The molecule has 0 spiro atoms. The van der Waals surface area contributed by atoms with Gasteiger partial charge in [0.2, 0.25) is 0 Å². The molecule has 1 aliphatic heterocycles. The number of fused-ring (bicyclic) bond motifs is 1. The maximum atomic E-state index is 10.3. The van der Waals surface area contributed by atoms with Crippen LogP contribution < -0.4 is 0 Å². The Balaban J connectivity index is 1.39. The fourth-order valence-electron chi connectivity index (χ4n) is 8.50. The molecule has 2 N–H and O–H groups in total. The smallest absolute Gasteiger partial charge is 0.164 e. The van der Waals surface area contributed by atoms with E-state index < -0.39 is 5.79 Å². The molecule has 5 nitrogen and oxygen atoms in total. The molecule has 4 rings (SSSR count). The second kappa shape index (κ2) is 11.9. The molecule has 0 unspecified atom stereocenters. The van der Waals surface area contributed by atoms with Crippen molar-refractivity contribution in [1.29, 1.82) is 0 Å². The van der Waals surface area contributed by atoms with Gasteiger partial charge in [-0.15, -0.1) is 0 Å². The average molecular weight is 531 g/mol. The summed E-state index contributed by atoms with van der Waals surface area (Å²) >= 11 is 0. The van der Waals surface area contributed by atoms with Gasteiger partial charge >= 0.3 is 0 Å². The van der Waals surface area contributed by atoms with Gasteiger partial charge < -0.3 is 24.4 Å². The molecule has 38 heavy (non-hydrogen) atoms. The van der Waals surface area contributed by atoms with Crippen LogP contribution in [0.5, 0.6) is 0 Å². The van der Waals surface area contributed by atoms with Crippen molar-refractivity contribution < 1.29 is 24.4 Å². The van der Waals surface area contributed by atoms with Gasteiger partial charge in [0.05, 0.1) is 30.5 Å². The quantitative estimate of drug-likeness (QED) is 0.340. The van der Waals surface area contributed by atoms with E-state index in [0.717, 1.165) is 36.8 Å².